The molecule has 1 atom stereocenters. The zero-order chi connectivity index (χ0) is 19.5. The number of hydrogen-bond donors (Lipinski definition) is 1. The molecular formula is C19H18ClN7O. The molecule has 9 heteroatoms. The van der Waals surface area contributed by atoms with Gasteiger partial charge in [0.25, 0.3) is 0 Å². The van der Waals surface area contributed by atoms with Gasteiger partial charge in [0, 0.05) is 29.4 Å². The molecule has 0 amide bonds. The minimum Gasteiger partial charge on any atom is -0.382 e. The average Bonchev–Trinajstić information content (AvgIpc) is 3.16. The summed E-state index contributed by atoms with van der Waals surface area (Å²) in [5, 5.41) is 12.4. The standard InChI is InChI=1S/C19H18ClN7O/c1-12(13-5-19(21)26-23-7-13)10-28-11-27-9-15(8-24-27)14-4-17-16(22-6-14)2-3-18(20)25-17/h2-9,12H,10-11H2,1H3,(H2,21,26). The first-order valence-electron chi connectivity index (χ1n) is 8.69. The van der Waals surface area contributed by atoms with Crippen molar-refractivity contribution in [3.05, 3.63) is 59.8 Å². The molecule has 0 aliphatic heterocycles. The van der Waals surface area contributed by atoms with Crippen molar-refractivity contribution in [2.24, 2.45) is 0 Å². The van der Waals surface area contributed by atoms with Gasteiger partial charge in [-0.1, -0.05) is 18.5 Å². The second kappa shape index (κ2) is 7.87. The minimum absolute atomic E-state index is 0.147. The first-order chi connectivity index (χ1) is 13.6. The molecule has 0 saturated carbocycles. The largest absolute Gasteiger partial charge is 0.382 e. The number of pyridine rings is 2. The van der Waals surface area contributed by atoms with E-state index in [1.807, 2.05) is 25.3 Å². The zero-order valence-electron chi connectivity index (χ0n) is 15.2. The van der Waals surface area contributed by atoms with Crippen LogP contribution < -0.4 is 5.73 Å². The van der Waals surface area contributed by atoms with Gasteiger partial charge in [-0.05, 0) is 29.8 Å². The molecule has 28 heavy (non-hydrogen) atoms. The number of hydrogen-bond acceptors (Lipinski definition) is 7. The van der Waals surface area contributed by atoms with Crippen molar-refractivity contribution in [1.82, 2.24) is 29.9 Å². The second-order valence-corrected chi connectivity index (χ2v) is 6.87. The highest BCUT2D eigenvalue weighted by molar-refractivity contribution is 6.29. The summed E-state index contributed by atoms with van der Waals surface area (Å²) < 4.78 is 7.51. The first-order valence-corrected chi connectivity index (χ1v) is 9.07. The number of rotatable bonds is 6. The summed E-state index contributed by atoms with van der Waals surface area (Å²) in [6.07, 6.45) is 7.17. The van der Waals surface area contributed by atoms with Crippen LogP contribution in [0.25, 0.3) is 22.2 Å². The van der Waals surface area contributed by atoms with Crippen molar-refractivity contribution < 1.29 is 4.74 Å². The van der Waals surface area contributed by atoms with Crippen molar-refractivity contribution in [1.29, 1.82) is 0 Å². The van der Waals surface area contributed by atoms with Crippen LogP contribution >= 0.6 is 11.6 Å². The lowest BCUT2D eigenvalue weighted by Gasteiger charge is -2.12. The van der Waals surface area contributed by atoms with Crippen molar-refractivity contribution in [3.8, 4) is 11.1 Å². The van der Waals surface area contributed by atoms with Crippen LogP contribution in [-0.4, -0.2) is 36.6 Å². The molecule has 0 radical (unpaired) electrons. The molecule has 0 bridgehead atoms. The van der Waals surface area contributed by atoms with Gasteiger partial charge in [0.15, 0.2) is 0 Å². The van der Waals surface area contributed by atoms with Gasteiger partial charge in [-0.2, -0.15) is 10.2 Å². The summed E-state index contributed by atoms with van der Waals surface area (Å²) in [5.74, 6) is 0.550. The maximum atomic E-state index is 5.97. The molecule has 8 nitrogen and oxygen atoms in total. The Kier molecular flexibility index (Phi) is 5.14. The fraction of sp³-hybridized carbons (Fsp3) is 0.211. The molecule has 0 spiro atoms. The van der Waals surface area contributed by atoms with Crippen LogP contribution in [0.1, 0.15) is 18.4 Å². The number of nitrogens with zero attached hydrogens (tertiary/aromatic N) is 6. The highest BCUT2D eigenvalue weighted by Crippen LogP contribution is 2.22. The van der Waals surface area contributed by atoms with E-state index in [2.05, 4.69) is 25.3 Å². The van der Waals surface area contributed by atoms with Gasteiger partial charge in [-0.3, -0.25) is 4.98 Å². The van der Waals surface area contributed by atoms with Crippen LogP contribution in [0.5, 0.6) is 0 Å². The fourth-order valence-corrected chi connectivity index (χ4v) is 2.96. The normalized spacial score (nSPS) is 12.4. The summed E-state index contributed by atoms with van der Waals surface area (Å²) in [6.45, 7) is 2.90. The molecule has 4 aromatic rings. The highest BCUT2D eigenvalue weighted by Gasteiger charge is 2.09. The summed E-state index contributed by atoms with van der Waals surface area (Å²) >= 11 is 5.97. The molecule has 2 N–H and O–H groups in total. The van der Waals surface area contributed by atoms with Crippen molar-refractivity contribution in [2.75, 3.05) is 12.3 Å². The quantitative estimate of drug-likeness (QED) is 0.499. The Balaban J connectivity index is 1.40. The SMILES string of the molecule is CC(COCn1cc(-c2cnc3ccc(Cl)nc3c2)cn1)c1cnnc(N)c1. The molecule has 0 aliphatic carbocycles. The third-order valence-corrected chi connectivity index (χ3v) is 4.54. The van der Waals surface area contributed by atoms with Crippen LogP contribution in [0, 0.1) is 0 Å². The smallest absolute Gasteiger partial charge is 0.146 e. The second-order valence-electron chi connectivity index (χ2n) is 6.48. The van der Waals surface area contributed by atoms with E-state index >= 15 is 0 Å². The Bertz CT molecular complexity index is 1110. The van der Waals surface area contributed by atoms with Crippen molar-refractivity contribution in [2.45, 2.75) is 19.6 Å². The zero-order valence-corrected chi connectivity index (χ0v) is 15.9. The number of aromatic nitrogens is 6. The molecule has 0 saturated heterocycles. The van der Waals surface area contributed by atoms with E-state index in [1.54, 1.807) is 35.4 Å². The maximum Gasteiger partial charge on any atom is 0.146 e. The first kappa shape index (κ1) is 18.3. The number of nitrogens with two attached hydrogens (primary N) is 1. The van der Waals surface area contributed by atoms with Crippen molar-refractivity contribution >= 4 is 28.5 Å². The molecule has 1 unspecified atom stereocenters. The van der Waals surface area contributed by atoms with Crippen LogP contribution in [0.15, 0.2) is 49.1 Å². The molecule has 0 aliphatic rings. The van der Waals surface area contributed by atoms with E-state index in [9.17, 15) is 0 Å². The summed E-state index contributed by atoms with van der Waals surface area (Å²) in [5.41, 5.74) is 10.0. The van der Waals surface area contributed by atoms with Gasteiger partial charge in [0.1, 0.15) is 17.7 Å². The Morgan fingerprint density at radius 1 is 1.14 bits per heavy atom. The molecule has 4 rings (SSSR count). The van der Waals surface area contributed by atoms with E-state index in [0.29, 0.717) is 24.3 Å². The van der Waals surface area contributed by atoms with Gasteiger partial charge in [0.05, 0.1) is 30.0 Å². The number of nitrogen functional groups attached to an aromatic ring is 1. The Labute approximate surface area is 166 Å². The van der Waals surface area contributed by atoms with Gasteiger partial charge in [-0.25, -0.2) is 9.67 Å². The minimum atomic E-state index is 0.147. The lowest BCUT2D eigenvalue weighted by atomic mass is 10.1. The predicted octanol–water partition coefficient (Wildman–Crippen LogP) is 3.30. The number of anilines is 1. The van der Waals surface area contributed by atoms with Crippen LogP contribution in [0.3, 0.4) is 0 Å². The van der Waals surface area contributed by atoms with Gasteiger partial charge in [-0.15, -0.1) is 5.10 Å². The lowest BCUT2D eigenvalue weighted by Crippen LogP contribution is -2.09. The van der Waals surface area contributed by atoms with E-state index in [0.717, 1.165) is 27.7 Å². The van der Waals surface area contributed by atoms with Crippen LogP contribution in [0.2, 0.25) is 5.15 Å². The summed E-state index contributed by atoms with van der Waals surface area (Å²) in [4.78, 5) is 8.73. The molecular weight excluding hydrogens is 378 g/mol. The van der Waals surface area contributed by atoms with Gasteiger partial charge in [0.2, 0.25) is 0 Å². The highest BCUT2D eigenvalue weighted by atomic mass is 35.5. The number of ether oxygens (including phenoxy) is 1. The van der Waals surface area contributed by atoms with Crippen molar-refractivity contribution in [3.63, 3.8) is 0 Å². The Morgan fingerprint density at radius 3 is 2.89 bits per heavy atom. The lowest BCUT2D eigenvalue weighted by molar-refractivity contribution is 0.0607. The Morgan fingerprint density at radius 2 is 2.04 bits per heavy atom. The third kappa shape index (κ3) is 4.08. The topological polar surface area (TPSA) is 105 Å². The number of halogens is 1. The van der Waals surface area contributed by atoms with E-state index < -0.39 is 0 Å². The van der Waals surface area contributed by atoms with Gasteiger partial charge < -0.3 is 10.5 Å². The third-order valence-electron chi connectivity index (χ3n) is 4.32. The molecule has 4 aromatic heterocycles. The van der Waals surface area contributed by atoms with E-state index in [-0.39, 0.29) is 5.92 Å². The Hall–Kier alpha value is -3.10. The van der Waals surface area contributed by atoms with E-state index in [1.165, 1.54) is 0 Å². The van der Waals surface area contributed by atoms with Gasteiger partial charge >= 0.3 is 0 Å². The molecule has 0 aromatic carbocycles. The summed E-state index contributed by atoms with van der Waals surface area (Å²) in [7, 11) is 0. The predicted molar refractivity (Wildman–Crippen MR) is 107 cm³/mol. The molecule has 0 fully saturated rings. The summed E-state index contributed by atoms with van der Waals surface area (Å²) in [6, 6.07) is 7.32. The number of fused-ring (bicyclic) bond motifs is 1. The van der Waals surface area contributed by atoms with Crippen LogP contribution in [0.4, 0.5) is 5.82 Å². The average molecular weight is 396 g/mol. The fourth-order valence-electron chi connectivity index (χ4n) is 2.81. The molecule has 4 heterocycles. The molecule has 142 valence electrons. The van der Waals surface area contributed by atoms with Crippen LogP contribution in [-0.2, 0) is 11.5 Å². The maximum absolute atomic E-state index is 5.97. The van der Waals surface area contributed by atoms with E-state index in [4.69, 9.17) is 22.1 Å². The monoisotopic (exact) mass is 395 g/mol.